The highest BCUT2D eigenvalue weighted by Gasteiger charge is 2.14. The molecular formula is C19H30F2O. The van der Waals surface area contributed by atoms with Crippen molar-refractivity contribution in [3.05, 3.63) is 35.4 Å². The summed E-state index contributed by atoms with van der Waals surface area (Å²) in [5, 5.41) is 0. The van der Waals surface area contributed by atoms with Crippen LogP contribution in [0.2, 0.25) is 0 Å². The second kappa shape index (κ2) is 11.6. The van der Waals surface area contributed by atoms with Crippen molar-refractivity contribution in [1.82, 2.24) is 0 Å². The normalized spacial score (nSPS) is 12.5. The van der Waals surface area contributed by atoms with Gasteiger partial charge in [-0.1, -0.05) is 58.8 Å². The molecule has 3 heteroatoms. The Morgan fingerprint density at radius 1 is 0.818 bits per heavy atom. The van der Waals surface area contributed by atoms with Gasteiger partial charge in [0.1, 0.15) is 11.6 Å². The van der Waals surface area contributed by atoms with Crippen LogP contribution in [0.4, 0.5) is 8.78 Å². The zero-order valence-corrected chi connectivity index (χ0v) is 14.0. The summed E-state index contributed by atoms with van der Waals surface area (Å²) in [5.74, 6) is -1.06. The van der Waals surface area contributed by atoms with Crippen molar-refractivity contribution < 1.29 is 13.5 Å². The van der Waals surface area contributed by atoms with E-state index in [1.54, 1.807) is 0 Å². The standard InChI is InChI=1S/C19H30F2O/c1-3-5-6-7-8-9-10-11-19(22-12-4-2)16-13-17(20)15-18(21)14-16/h13-15,19H,3-12H2,1-2H3. The fraction of sp³-hybridized carbons (Fsp3) is 0.684. The number of rotatable bonds is 12. The van der Waals surface area contributed by atoms with E-state index >= 15 is 0 Å². The summed E-state index contributed by atoms with van der Waals surface area (Å²) in [5.41, 5.74) is 0.622. The molecular weight excluding hydrogens is 282 g/mol. The van der Waals surface area contributed by atoms with E-state index in [0.29, 0.717) is 12.2 Å². The smallest absolute Gasteiger partial charge is 0.126 e. The summed E-state index contributed by atoms with van der Waals surface area (Å²) in [6.07, 6.45) is 10.1. The third-order valence-corrected chi connectivity index (χ3v) is 3.85. The van der Waals surface area contributed by atoms with E-state index in [1.807, 2.05) is 6.92 Å². The van der Waals surface area contributed by atoms with Gasteiger partial charge in [-0.2, -0.15) is 0 Å². The number of ether oxygens (including phenoxy) is 1. The first kappa shape index (κ1) is 19.1. The number of halogens is 2. The van der Waals surface area contributed by atoms with Gasteiger partial charge in [0.25, 0.3) is 0 Å². The van der Waals surface area contributed by atoms with E-state index in [0.717, 1.165) is 31.7 Å². The maximum absolute atomic E-state index is 13.4. The SMILES string of the molecule is CCCCCCCCCC(OCCC)c1cc(F)cc(F)c1. The molecule has 0 saturated carbocycles. The predicted molar refractivity (Wildman–Crippen MR) is 88.0 cm³/mol. The van der Waals surface area contributed by atoms with Crippen molar-refractivity contribution in [2.45, 2.75) is 77.7 Å². The molecule has 0 aliphatic heterocycles. The number of hydrogen-bond acceptors (Lipinski definition) is 1. The van der Waals surface area contributed by atoms with Gasteiger partial charge in [-0.25, -0.2) is 8.78 Å². The summed E-state index contributed by atoms with van der Waals surface area (Å²) >= 11 is 0. The third kappa shape index (κ3) is 7.88. The van der Waals surface area contributed by atoms with Crippen LogP contribution in [0.1, 0.15) is 83.3 Å². The second-order valence-corrected chi connectivity index (χ2v) is 5.97. The Bertz CT molecular complexity index is 386. The highest BCUT2D eigenvalue weighted by atomic mass is 19.1. The lowest BCUT2D eigenvalue weighted by molar-refractivity contribution is 0.0447. The van der Waals surface area contributed by atoms with E-state index in [1.165, 1.54) is 44.2 Å². The van der Waals surface area contributed by atoms with E-state index in [-0.39, 0.29) is 6.10 Å². The second-order valence-electron chi connectivity index (χ2n) is 5.97. The van der Waals surface area contributed by atoms with Crippen LogP contribution >= 0.6 is 0 Å². The van der Waals surface area contributed by atoms with Gasteiger partial charge < -0.3 is 4.74 Å². The zero-order chi connectivity index (χ0) is 16.2. The Morgan fingerprint density at radius 2 is 1.41 bits per heavy atom. The lowest BCUT2D eigenvalue weighted by Crippen LogP contribution is -2.06. The van der Waals surface area contributed by atoms with Crippen LogP contribution in [0.5, 0.6) is 0 Å². The number of hydrogen-bond donors (Lipinski definition) is 0. The topological polar surface area (TPSA) is 9.23 Å². The average Bonchev–Trinajstić information content (AvgIpc) is 2.48. The maximum Gasteiger partial charge on any atom is 0.126 e. The fourth-order valence-corrected chi connectivity index (χ4v) is 2.65. The molecule has 0 amide bonds. The summed E-state index contributed by atoms with van der Waals surface area (Å²) in [6, 6.07) is 3.70. The van der Waals surface area contributed by atoms with Crippen LogP contribution in [0.25, 0.3) is 0 Å². The molecule has 0 aliphatic carbocycles. The highest BCUT2D eigenvalue weighted by molar-refractivity contribution is 5.20. The molecule has 0 heterocycles. The molecule has 1 aromatic carbocycles. The molecule has 0 spiro atoms. The average molecular weight is 312 g/mol. The molecule has 1 atom stereocenters. The minimum Gasteiger partial charge on any atom is -0.374 e. The molecule has 1 rings (SSSR count). The van der Waals surface area contributed by atoms with E-state index < -0.39 is 11.6 Å². The molecule has 0 aliphatic rings. The summed E-state index contributed by atoms with van der Waals surface area (Å²) in [6.45, 7) is 4.88. The van der Waals surface area contributed by atoms with Crippen LogP contribution in [0.3, 0.4) is 0 Å². The van der Waals surface area contributed by atoms with Crippen molar-refractivity contribution in [3.8, 4) is 0 Å². The quantitative estimate of drug-likeness (QED) is 0.396. The van der Waals surface area contributed by atoms with E-state index in [4.69, 9.17) is 4.74 Å². The number of unbranched alkanes of at least 4 members (excludes halogenated alkanes) is 6. The van der Waals surface area contributed by atoms with Gasteiger partial charge in [0.2, 0.25) is 0 Å². The van der Waals surface area contributed by atoms with Crippen LogP contribution in [-0.4, -0.2) is 6.61 Å². The highest BCUT2D eigenvalue weighted by Crippen LogP contribution is 2.26. The summed E-state index contributed by atoms with van der Waals surface area (Å²) < 4.78 is 32.6. The van der Waals surface area contributed by atoms with Gasteiger partial charge in [0.05, 0.1) is 6.10 Å². The molecule has 0 fully saturated rings. The largest absolute Gasteiger partial charge is 0.374 e. The van der Waals surface area contributed by atoms with Gasteiger partial charge in [0.15, 0.2) is 0 Å². The Kier molecular flexibility index (Phi) is 10.1. The molecule has 126 valence electrons. The molecule has 0 saturated heterocycles. The Balaban J connectivity index is 2.43. The molecule has 0 aromatic heterocycles. The van der Waals surface area contributed by atoms with Gasteiger partial charge in [-0.15, -0.1) is 0 Å². The fourth-order valence-electron chi connectivity index (χ4n) is 2.65. The molecule has 1 unspecified atom stereocenters. The minimum atomic E-state index is -0.528. The van der Waals surface area contributed by atoms with Crippen molar-refractivity contribution >= 4 is 0 Å². The summed E-state index contributed by atoms with van der Waals surface area (Å²) in [4.78, 5) is 0. The Labute approximate surface area is 134 Å². The van der Waals surface area contributed by atoms with Crippen molar-refractivity contribution in [1.29, 1.82) is 0 Å². The first-order valence-corrected chi connectivity index (χ1v) is 8.75. The first-order chi connectivity index (χ1) is 10.7. The Morgan fingerprint density at radius 3 is 2.00 bits per heavy atom. The van der Waals surface area contributed by atoms with Gasteiger partial charge in [0, 0.05) is 12.7 Å². The van der Waals surface area contributed by atoms with Gasteiger partial charge in [-0.3, -0.25) is 0 Å². The molecule has 0 bridgehead atoms. The van der Waals surface area contributed by atoms with Crippen molar-refractivity contribution in [2.75, 3.05) is 6.61 Å². The predicted octanol–water partition coefficient (Wildman–Crippen LogP) is 6.57. The van der Waals surface area contributed by atoms with E-state index in [2.05, 4.69) is 6.92 Å². The molecule has 0 N–H and O–H groups in total. The zero-order valence-electron chi connectivity index (χ0n) is 14.0. The third-order valence-electron chi connectivity index (χ3n) is 3.85. The van der Waals surface area contributed by atoms with Crippen LogP contribution in [0, 0.1) is 11.6 Å². The monoisotopic (exact) mass is 312 g/mol. The minimum absolute atomic E-state index is 0.194. The van der Waals surface area contributed by atoms with Crippen molar-refractivity contribution in [2.24, 2.45) is 0 Å². The number of benzene rings is 1. The molecule has 22 heavy (non-hydrogen) atoms. The summed E-state index contributed by atoms with van der Waals surface area (Å²) in [7, 11) is 0. The first-order valence-electron chi connectivity index (χ1n) is 8.75. The van der Waals surface area contributed by atoms with Gasteiger partial charge >= 0.3 is 0 Å². The maximum atomic E-state index is 13.4. The molecule has 1 nitrogen and oxygen atoms in total. The van der Waals surface area contributed by atoms with Crippen LogP contribution in [0.15, 0.2) is 18.2 Å². The lowest BCUT2D eigenvalue weighted by Gasteiger charge is -2.18. The van der Waals surface area contributed by atoms with Gasteiger partial charge in [-0.05, 0) is 30.5 Å². The molecule has 0 radical (unpaired) electrons. The van der Waals surface area contributed by atoms with Crippen LogP contribution in [-0.2, 0) is 4.74 Å². The van der Waals surface area contributed by atoms with Crippen LogP contribution < -0.4 is 0 Å². The molecule has 1 aromatic rings. The van der Waals surface area contributed by atoms with E-state index in [9.17, 15) is 8.78 Å². The van der Waals surface area contributed by atoms with Crippen molar-refractivity contribution in [3.63, 3.8) is 0 Å². The Hall–Kier alpha value is -0.960. The lowest BCUT2D eigenvalue weighted by atomic mass is 10.0.